The van der Waals surface area contributed by atoms with Crippen molar-refractivity contribution in [3.05, 3.63) is 35.4 Å². The first-order valence-electron chi connectivity index (χ1n) is 4.91. The predicted molar refractivity (Wildman–Crippen MR) is 59.8 cm³/mol. The number of carboxylic acid groups (broad SMARTS) is 1. The summed E-state index contributed by atoms with van der Waals surface area (Å²) in [4.78, 5) is 11.1. The van der Waals surface area contributed by atoms with Crippen LogP contribution in [0.25, 0.3) is 5.57 Å². The predicted octanol–water partition coefficient (Wildman–Crippen LogP) is 2.36. The van der Waals surface area contributed by atoms with Crippen molar-refractivity contribution in [3.8, 4) is 0 Å². The van der Waals surface area contributed by atoms with Gasteiger partial charge in [0.2, 0.25) is 0 Å². The largest absolute Gasteiger partial charge is 0.478 e. The zero-order valence-corrected chi connectivity index (χ0v) is 8.74. The van der Waals surface area contributed by atoms with E-state index < -0.39 is 5.97 Å². The summed E-state index contributed by atoms with van der Waals surface area (Å²) in [5, 5.41) is 12.3. The van der Waals surface area contributed by atoms with Crippen LogP contribution >= 0.6 is 0 Å². The fourth-order valence-corrected chi connectivity index (χ4v) is 2.06. The van der Waals surface area contributed by atoms with Crippen LogP contribution in [0.5, 0.6) is 0 Å². The number of para-hydroxylation sites is 1. The Kier molecular flexibility index (Phi) is 2.23. The standard InChI is InChI=1S/C12H13NO2/c1-7-9-5-3-4-6-10(9)13-8(2)11(7)12(14)15/h3-6,8,13H,1-2H3,(H,14,15). The summed E-state index contributed by atoms with van der Waals surface area (Å²) in [6.45, 7) is 3.72. The van der Waals surface area contributed by atoms with Crippen LogP contribution in [-0.4, -0.2) is 17.1 Å². The monoisotopic (exact) mass is 203 g/mol. The van der Waals surface area contributed by atoms with Crippen LogP contribution in [0.1, 0.15) is 19.4 Å². The van der Waals surface area contributed by atoms with Gasteiger partial charge in [0, 0.05) is 11.3 Å². The second-order valence-electron chi connectivity index (χ2n) is 3.76. The zero-order valence-electron chi connectivity index (χ0n) is 8.74. The van der Waals surface area contributed by atoms with Gasteiger partial charge >= 0.3 is 5.97 Å². The molecule has 1 aromatic rings. The van der Waals surface area contributed by atoms with E-state index in [1.165, 1.54) is 0 Å². The van der Waals surface area contributed by atoms with Gasteiger partial charge in [-0.05, 0) is 25.5 Å². The molecule has 0 fully saturated rings. The molecule has 0 saturated heterocycles. The summed E-state index contributed by atoms with van der Waals surface area (Å²) in [5.74, 6) is -0.845. The lowest BCUT2D eigenvalue weighted by Crippen LogP contribution is -2.28. The second kappa shape index (κ2) is 3.42. The van der Waals surface area contributed by atoms with E-state index in [1.807, 2.05) is 38.1 Å². The summed E-state index contributed by atoms with van der Waals surface area (Å²) < 4.78 is 0. The van der Waals surface area contributed by atoms with Gasteiger partial charge < -0.3 is 10.4 Å². The Balaban J connectivity index is 2.62. The van der Waals surface area contributed by atoms with Gasteiger partial charge in [0.15, 0.2) is 0 Å². The molecule has 0 radical (unpaired) electrons. The SMILES string of the molecule is CC1=C(C(=O)O)C(C)Nc2ccccc21. The van der Waals surface area contributed by atoms with Crippen LogP contribution in [0.2, 0.25) is 0 Å². The van der Waals surface area contributed by atoms with E-state index in [2.05, 4.69) is 5.32 Å². The summed E-state index contributed by atoms with van der Waals surface area (Å²) in [6.07, 6.45) is 0. The van der Waals surface area contributed by atoms with Crippen molar-refractivity contribution in [3.63, 3.8) is 0 Å². The molecule has 3 heteroatoms. The minimum absolute atomic E-state index is 0.141. The quantitative estimate of drug-likeness (QED) is 0.736. The molecule has 78 valence electrons. The molecule has 0 aromatic heterocycles. The number of nitrogens with one attached hydrogen (secondary N) is 1. The van der Waals surface area contributed by atoms with Crippen molar-refractivity contribution in [2.45, 2.75) is 19.9 Å². The number of aliphatic carboxylic acids is 1. The Bertz CT molecular complexity index is 449. The minimum atomic E-state index is -0.845. The Morgan fingerprint density at radius 2 is 2.07 bits per heavy atom. The van der Waals surface area contributed by atoms with Crippen molar-refractivity contribution in [2.75, 3.05) is 5.32 Å². The van der Waals surface area contributed by atoms with Gasteiger partial charge in [-0.15, -0.1) is 0 Å². The third-order valence-corrected chi connectivity index (χ3v) is 2.77. The highest BCUT2D eigenvalue weighted by Gasteiger charge is 2.25. The van der Waals surface area contributed by atoms with Crippen molar-refractivity contribution < 1.29 is 9.90 Å². The van der Waals surface area contributed by atoms with Crippen molar-refractivity contribution in [2.24, 2.45) is 0 Å². The van der Waals surface area contributed by atoms with Gasteiger partial charge in [0.05, 0.1) is 11.6 Å². The number of hydrogen-bond acceptors (Lipinski definition) is 2. The van der Waals surface area contributed by atoms with E-state index in [0.717, 1.165) is 16.8 Å². The van der Waals surface area contributed by atoms with Gasteiger partial charge in [-0.25, -0.2) is 4.79 Å². The number of allylic oxidation sites excluding steroid dienone is 1. The van der Waals surface area contributed by atoms with Crippen LogP contribution in [0.4, 0.5) is 5.69 Å². The molecule has 2 N–H and O–H groups in total. The fourth-order valence-electron chi connectivity index (χ4n) is 2.06. The molecule has 15 heavy (non-hydrogen) atoms. The maximum atomic E-state index is 11.1. The first-order chi connectivity index (χ1) is 7.11. The van der Waals surface area contributed by atoms with Crippen LogP contribution in [0, 0.1) is 0 Å². The maximum absolute atomic E-state index is 11.1. The smallest absolute Gasteiger partial charge is 0.333 e. The van der Waals surface area contributed by atoms with E-state index in [9.17, 15) is 4.79 Å². The van der Waals surface area contributed by atoms with Crippen molar-refractivity contribution >= 4 is 17.2 Å². The first kappa shape index (κ1) is 9.77. The normalized spacial score (nSPS) is 19.5. The summed E-state index contributed by atoms with van der Waals surface area (Å²) in [5.41, 5.74) is 3.29. The molecule has 0 saturated carbocycles. The van der Waals surface area contributed by atoms with E-state index in [1.54, 1.807) is 0 Å². The average molecular weight is 203 g/mol. The molecule has 1 atom stereocenters. The third kappa shape index (κ3) is 1.50. The van der Waals surface area contributed by atoms with Gasteiger partial charge in [-0.1, -0.05) is 18.2 Å². The second-order valence-corrected chi connectivity index (χ2v) is 3.76. The molecule has 0 bridgehead atoms. The molecule has 3 nitrogen and oxygen atoms in total. The molecular formula is C12H13NO2. The van der Waals surface area contributed by atoms with E-state index >= 15 is 0 Å². The molecule has 0 spiro atoms. The molecule has 1 heterocycles. The number of fused-ring (bicyclic) bond motifs is 1. The van der Waals surface area contributed by atoms with E-state index in [0.29, 0.717) is 5.57 Å². The van der Waals surface area contributed by atoms with Crippen molar-refractivity contribution in [1.29, 1.82) is 0 Å². The highest BCUT2D eigenvalue weighted by molar-refractivity contribution is 6.01. The van der Waals surface area contributed by atoms with Crippen LogP contribution < -0.4 is 5.32 Å². The molecule has 1 aliphatic rings. The molecule has 1 aliphatic heterocycles. The number of anilines is 1. The maximum Gasteiger partial charge on any atom is 0.333 e. The lowest BCUT2D eigenvalue weighted by Gasteiger charge is -2.26. The van der Waals surface area contributed by atoms with E-state index in [4.69, 9.17) is 5.11 Å². The fraction of sp³-hybridized carbons (Fsp3) is 0.250. The van der Waals surface area contributed by atoms with Crippen LogP contribution in [0.15, 0.2) is 29.8 Å². The van der Waals surface area contributed by atoms with Gasteiger partial charge in [0.25, 0.3) is 0 Å². The number of carboxylic acids is 1. The van der Waals surface area contributed by atoms with E-state index in [-0.39, 0.29) is 6.04 Å². The summed E-state index contributed by atoms with van der Waals surface area (Å²) >= 11 is 0. The van der Waals surface area contributed by atoms with Crippen LogP contribution in [-0.2, 0) is 4.79 Å². The Labute approximate surface area is 88.4 Å². The highest BCUT2D eigenvalue weighted by atomic mass is 16.4. The molecule has 0 aliphatic carbocycles. The number of benzene rings is 1. The lowest BCUT2D eigenvalue weighted by atomic mass is 9.91. The topological polar surface area (TPSA) is 49.3 Å². The first-order valence-corrected chi connectivity index (χ1v) is 4.91. The minimum Gasteiger partial charge on any atom is -0.478 e. The van der Waals surface area contributed by atoms with Crippen molar-refractivity contribution in [1.82, 2.24) is 0 Å². The Morgan fingerprint density at radius 3 is 2.73 bits per heavy atom. The molecular weight excluding hydrogens is 190 g/mol. The highest BCUT2D eigenvalue weighted by Crippen LogP contribution is 2.33. The summed E-state index contributed by atoms with van der Waals surface area (Å²) in [6, 6.07) is 7.62. The molecule has 1 aromatic carbocycles. The molecule has 1 unspecified atom stereocenters. The lowest BCUT2D eigenvalue weighted by molar-refractivity contribution is -0.132. The van der Waals surface area contributed by atoms with Crippen LogP contribution in [0.3, 0.4) is 0 Å². The Hall–Kier alpha value is -1.77. The molecule has 2 rings (SSSR count). The third-order valence-electron chi connectivity index (χ3n) is 2.77. The average Bonchev–Trinajstić information content (AvgIpc) is 2.17. The van der Waals surface area contributed by atoms with Gasteiger partial charge in [-0.3, -0.25) is 0 Å². The summed E-state index contributed by atoms with van der Waals surface area (Å²) in [7, 11) is 0. The Morgan fingerprint density at radius 1 is 1.40 bits per heavy atom. The number of rotatable bonds is 1. The van der Waals surface area contributed by atoms with Gasteiger partial charge in [-0.2, -0.15) is 0 Å². The molecule has 0 amide bonds. The van der Waals surface area contributed by atoms with Gasteiger partial charge in [0.1, 0.15) is 0 Å². The number of hydrogen-bond donors (Lipinski definition) is 2. The number of carbonyl (C=O) groups is 1. The zero-order chi connectivity index (χ0) is 11.0.